The monoisotopic (exact) mass is 375 g/mol. The molecule has 0 unspecified atom stereocenters. The Morgan fingerprint density at radius 2 is 1.77 bits per heavy atom. The molecule has 140 valence electrons. The molecule has 0 aliphatic rings. The Bertz CT molecular complexity index is 772. The highest BCUT2D eigenvalue weighted by molar-refractivity contribution is 7.15. The van der Waals surface area contributed by atoms with Crippen LogP contribution in [0.3, 0.4) is 0 Å². The number of amides is 1. The van der Waals surface area contributed by atoms with Crippen molar-refractivity contribution < 1.29 is 19.1 Å². The number of esters is 1. The Morgan fingerprint density at radius 1 is 1.12 bits per heavy atom. The van der Waals surface area contributed by atoms with Crippen LogP contribution in [0.4, 0.5) is 9.80 Å². The fourth-order valence-corrected chi connectivity index (χ4v) is 3.33. The second kappa shape index (κ2) is 8.36. The van der Waals surface area contributed by atoms with E-state index >= 15 is 0 Å². The van der Waals surface area contributed by atoms with Gasteiger partial charge in [0.2, 0.25) is 0 Å². The third kappa shape index (κ3) is 5.08. The van der Waals surface area contributed by atoms with Gasteiger partial charge in [0, 0.05) is 10.9 Å². The standard InChI is InChI=1S/C20H25NO4S/c1-6-13-8-10-14(11-9-13)15-12-26-17(16(15)18(22)24-7-2)21-19(23)25-20(3,4)5/h8-12H,6-7H2,1-5H3,(H,21,23). The Labute approximate surface area is 158 Å². The molecule has 0 radical (unpaired) electrons. The maximum atomic E-state index is 12.5. The van der Waals surface area contributed by atoms with Crippen LogP contribution in [0.5, 0.6) is 0 Å². The molecule has 0 saturated carbocycles. The minimum atomic E-state index is -0.621. The number of rotatable bonds is 5. The van der Waals surface area contributed by atoms with Crippen molar-refractivity contribution in [3.8, 4) is 11.1 Å². The average Bonchev–Trinajstić information content (AvgIpc) is 2.96. The number of benzene rings is 1. The first kappa shape index (κ1) is 20.0. The van der Waals surface area contributed by atoms with Crippen LogP contribution in [-0.4, -0.2) is 24.3 Å². The van der Waals surface area contributed by atoms with Crippen LogP contribution in [0.2, 0.25) is 0 Å². The smallest absolute Gasteiger partial charge is 0.412 e. The van der Waals surface area contributed by atoms with E-state index in [1.165, 1.54) is 16.9 Å². The highest BCUT2D eigenvalue weighted by Crippen LogP contribution is 2.36. The molecule has 0 spiro atoms. The topological polar surface area (TPSA) is 64.6 Å². The zero-order valence-electron chi connectivity index (χ0n) is 15.8. The van der Waals surface area contributed by atoms with Gasteiger partial charge >= 0.3 is 12.1 Å². The van der Waals surface area contributed by atoms with Crippen LogP contribution in [0, 0.1) is 0 Å². The Kier molecular flexibility index (Phi) is 6.42. The summed E-state index contributed by atoms with van der Waals surface area (Å²) in [6.07, 6.45) is 0.345. The van der Waals surface area contributed by atoms with Crippen molar-refractivity contribution in [2.24, 2.45) is 0 Å². The van der Waals surface area contributed by atoms with Crippen molar-refractivity contribution in [2.45, 2.75) is 46.6 Å². The molecule has 0 atom stereocenters. The van der Waals surface area contributed by atoms with Crippen LogP contribution in [0.25, 0.3) is 11.1 Å². The molecule has 1 N–H and O–H groups in total. The van der Waals surface area contributed by atoms with Gasteiger partial charge in [0.25, 0.3) is 0 Å². The second-order valence-electron chi connectivity index (χ2n) is 6.75. The highest BCUT2D eigenvalue weighted by atomic mass is 32.1. The van der Waals surface area contributed by atoms with E-state index in [9.17, 15) is 9.59 Å². The maximum Gasteiger partial charge on any atom is 0.412 e. The summed E-state index contributed by atoms with van der Waals surface area (Å²) >= 11 is 1.28. The number of thiophene rings is 1. The van der Waals surface area contributed by atoms with Gasteiger partial charge in [-0.25, -0.2) is 9.59 Å². The molecule has 5 nitrogen and oxygen atoms in total. The van der Waals surface area contributed by atoms with Gasteiger partial charge in [-0.1, -0.05) is 31.2 Å². The Morgan fingerprint density at radius 3 is 2.31 bits per heavy atom. The number of carbonyl (C=O) groups excluding carboxylic acids is 2. The first-order valence-corrected chi connectivity index (χ1v) is 9.51. The van der Waals surface area contributed by atoms with Crippen molar-refractivity contribution in [1.29, 1.82) is 0 Å². The van der Waals surface area contributed by atoms with Crippen LogP contribution >= 0.6 is 11.3 Å². The van der Waals surface area contributed by atoms with Crippen molar-refractivity contribution in [1.82, 2.24) is 0 Å². The predicted molar refractivity (Wildman–Crippen MR) is 105 cm³/mol. The summed E-state index contributed by atoms with van der Waals surface area (Å²) in [5.41, 5.74) is 2.59. The normalized spacial score (nSPS) is 11.1. The molecule has 1 aromatic carbocycles. The van der Waals surface area contributed by atoms with E-state index < -0.39 is 17.7 Å². The van der Waals surface area contributed by atoms with Crippen molar-refractivity contribution in [3.05, 3.63) is 40.8 Å². The lowest BCUT2D eigenvalue weighted by atomic mass is 10.0. The lowest BCUT2D eigenvalue weighted by Gasteiger charge is -2.19. The first-order chi connectivity index (χ1) is 12.2. The molecule has 2 aromatic rings. The molecule has 6 heteroatoms. The minimum Gasteiger partial charge on any atom is -0.462 e. The molecular formula is C20H25NO4S. The van der Waals surface area contributed by atoms with Gasteiger partial charge in [-0.05, 0) is 45.2 Å². The molecule has 0 saturated heterocycles. The van der Waals surface area contributed by atoms with E-state index in [-0.39, 0.29) is 6.61 Å². The number of ether oxygens (including phenoxy) is 2. The van der Waals surface area contributed by atoms with E-state index in [2.05, 4.69) is 12.2 Å². The molecular weight excluding hydrogens is 350 g/mol. The minimum absolute atomic E-state index is 0.259. The molecule has 0 aliphatic carbocycles. The van der Waals surface area contributed by atoms with Crippen LogP contribution in [-0.2, 0) is 15.9 Å². The molecule has 0 aliphatic heterocycles. The summed E-state index contributed by atoms with van der Waals surface area (Å²) in [6, 6.07) is 8.01. The zero-order chi connectivity index (χ0) is 19.3. The zero-order valence-corrected chi connectivity index (χ0v) is 16.7. The van der Waals surface area contributed by atoms with Gasteiger partial charge in [-0.3, -0.25) is 5.32 Å². The highest BCUT2D eigenvalue weighted by Gasteiger charge is 2.24. The van der Waals surface area contributed by atoms with E-state index in [4.69, 9.17) is 9.47 Å². The third-order valence-electron chi connectivity index (χ3n) is 3.56. The average molecular weight is 375 g/mol. The number of carbonyl (C=O) groups is 2. The predicted octanol–water partition coefficient (Wildman–Crippen LogP) is 5.50. The summed E-state index contributed by atoms with van der Waals surface area (Å²) in [4.78, 5) is 24.6. The summed E-state index contributed by atoms with van der Waals surface area (Å²) in [7, 11) is 0. The van der Waals surface area contributed by atoms with E-state index in [0.29, 0.717) is 10.6 Å². The Hall–Kier alpha value is -2.34. The largest absolute Gasteiger partial charge is 0.462 e. The fraction of sp³-hybridized carbons (Fsp3) is 0.400. The quantitative estimate of drug-likeness (QED) is 0.701. The van der Waals surface area contributed by atoms with Crippen LogP contribution in [0.1, 0.15) is 50.5 Å². The second-order valence-corrected chi connectivity index (χ2v) is 7.63. The van der Waals surface area contributed by atoms with Crippen molar-refractivity contribution in [2.75, 3.05) is 11.9 Å². The first-order valence-electron chi connectivity index (χ1n) is 8.63. The van der Waals surface area contributed by atoms with E-state index in [1.54, 1.807) is 27.7 Å². The summed E-state index contributed by atoms with van der Waals surface area (Å²) in [5, 5.41) is 4.95. The lowest BCUT2D eigenvalue weighted by molar-refractivity contribution is 0.0529. The number of hydrogen-bond donors (Lipinski definition) is 1. The van der Waals surface area contributed by atoms with Gasteiger partial charge in [0.05, 0.1) is 6.61 Å². The molecule has 1 amide bonds. The number of anilines is 1. The lowest BCUT2D eigenvalue weighted by Crippen LogP contribution is -2.27. The van der Waals surface area contributed by atoms with Gasteiger partial charge in [0.15, 0.2) is 0 Å². The summed E-state index contributed by atoms with van der Waals surface area (Å²) < 4.78 is 10.5. The van der Waals surface area contributed by atoms with Gasteiger partial charge in [-0.2, -0.15) is 0 Å². The SMILES string of the molecule is CCOC(=O)c1c(-c2ccc(CC)cc2)csc1NC(=O)OC(C)(C)C. The molecule has 0 fully saturated rings. The number of hydrogen-bond acceptors (Lipinski definition) is 5. The molecule has 0 bridgehead atoms. The number of nitrogens with one attached hydrogen (secondary N) is 1. The van der Waals surface area contributed by atoms with Gasteiger partial charge < -0.3 is 9.47 Å². The van der Waals surface area contributed by atoms with Crippen molar-refractivity contribution >= 4 is 28.4 Å². The summed E-state index contributed by atoms with van der Waals surface area (Å²) in [6.45, 7) is 9.46. The van der Waals surface area contributed by atoms with Crippen molar-refractivity contribution in [3.63, 3.8) is 0 Å². The number of aryl methyl sites for hydroxylation is 1. The molecule has 26 heavy (non-hydrogen) atoms. The Balaban J connectivity index is 2.38. The third-order valence-corrected chi connectivity index (χ3v) is 4.45. The molecule has 1 aromatic heterocycles. The maximum absolute atomic E-state index is 12.5. The van der Waals surface area contributed by atoms with Gasteiger partial charge in [-0.15, -0.1) is 11.3 Å². The van der Waals surface area contributed by atoms with E-state index in [1.807, 2.05) is 29.6 Å². The summed E-state index contributed by atoms with van der Waals surface area (Å²) in [5.74, 6) is -0.464. The van der Waals surface area contributed by atoms with Crippen LogP contribution < -0.4 is 5.32 Å². The van der Waals surface area contributed by atoms with E-state index in [0.717, 1.165) is 17.5 Å². The van der Waals surface area contributed by atoms with Gasteiger partial charge in [0.1, 0.15) is 16.2 Å². The molecule has 2 rings (SSSR count). The van der Waals surface area contributed by atoms with Crippen LogP contribution in [0.15, 0.2) is 29.6 Å². The molecule has 1 heterocycles. The fourth-order valence-electron chi connectivity index (χ4n) is 2.38.